The minimum absolute atomic E-state index is 0.213. The number of halogens is 1. The lowest BCUT2D eigenvalue weighted by atomic mass is 10.0. The molecule has 7 heteroatoms. The number of hydrogen-bond donors (Lipinski definition) is 2. The summed E-state index contributed by atoms with van der Waals surface area (Å²) in [6.07, 6.45) is 1.62. The van der Waals surface area contributed by atoms with Gasteiger partial charge < -0.3 is 19.7 Å². The summed E-state index contributed by atoms with van der Waals surface area (Å²) in [4.78, 5) is 21.3. The van der Waals surface area contributed by atoms with E-state index in [0.29, 0.717) is 15.9 Å². The third-order valence-corrected chi connectivity index (χ3v) is 5.13. The summed E-state index contributed by atoms with van der Waals surface area (Å²) >= 11 is 6.47. The summed E-state index contributed by atoms with van der Waals surface area (Å²) in [6.45, 7) is 1.90. The summed E-state index contributed by atoms with van der Waals surface area (Å²) in [5.74, 6) is -0.261. The second-order valence-corrected chi connectivity index (χ2v) is 7.63. The number of pyridine rings is 2. The minimum Gasteiger partial charge on any atom is -0.504 e. The fraction of sp³-hybridized carbons (Fsp3) is 0.130. The van der Waals surface area contributed by atoms with Crippen molar-refractivity contribution in [3.8, 4) is 28.5 Å². The van der Waals surface area contributed by atoms with Gasteiger partial charge in [-0.1, -0.05) is 29.8 Å². The zero-order valence-corrected chi connectivity index (χ0v) is 17.5. The van der Waals surface area contributed by atoms with Crippen LogP contribution in [0.1, 0.15) is 5.56 Å². The Balaban J connectivity index is 1.82. The number of ether oxygens (including phenoxy) is 1. The van der Waals surface area contributed by atoms with E-state index in [2.05, 4.69) is 9.97 Å². The average Bonchev–Trinajstić information content (AvgIpc) is 2.72. The molecule has 0 unspecified atom stereocenters. The molecule has 0 bridgehead atoms. The third-order valence-electron chi connectivity index (χ3n) is 4.82. The standard InChI is InChI=1S/C23H20ClN3O3/c1-13-4-9-20(25-12-13)30-22-21(28)17-10-16(18(24)11-19(17)26-23(22)29)14-5-7-15(8-6-14)27(2)3/h4-12H,1-3H3,(H2,26,28,29). The van der Waals surface area contributed by atoms with E-state index in [-0.39, 0.29) is 17.4 Å². The van der Waals surface area contributed by atoms with E-state index in [0.717, 1.165) is 22.4 Å². The molecule has 0 aliphatic heterocycles. The molecule has 4 aromatic rings. The number of aromatic hydroxyl groups is 1. The number of anilines is 1. The molecule has 0 aliphatic carbocycles. The molecule has 0 amide bonds. The number of aromatic amines is 1. The normalized spacial score (nSPS) is 10.9. The topological polar surface area (TPSA) is 78.5 Å². The summed E-state index contributed by atoms with van der Waals surface area (Å²) in [7, 11) is 3.94. The molecule has 6 nitrogen and oxygen atoms in total. The van der Waals surface area contributed by atoms with Crippen molar-refractivity contribution in [3.63, 3.8) is 0 Å². The van der Waals surface area contributed by atoms with Gasteiger partial charge in [0, 0.05) is 43.0 Å². The molecule has 2 N–H and O–H groups in total. The van der Waals surface area contributed by atoms with Crippen molar-refractivity contribution in [1.29, 1.82) is 0 Å². The monoisotopic (exact) mass is 421 g/mol. The Morgan fingerprint density at radius 1 is 1.10 bits per heavy atom. The first-order valence-electron chi connectivity index (χ1n) is 9.30. The fourth-order valence-electron chi connectivity index (χ4n) is 3.16. The minimum atomic E-state index is -0.568. The van der Waals surface area contributed by atoms with Crippen molar-refractivity contribution in [2.45, 2.75) is 6.92 Å². The molecule has 0 saturated heterocycles. The van der Waals surface area contributed by atoms with Crippen LogP contribution in [0.5, 0.6) is 17.4 Å². The zero-order valence-electron chi connectivity index (χ0n) is 16.7. The number of nitrogens with zero attached hydrogens (tertiary/aromatic N) is 2. The molecular formula is C23H20ClN3O3. The first-order chi connectivity index (χ1) is 14.3. The van der Waals surface area contributed by atoms with Crippen molar-refractivity contribution < 1.29 is 9.84 Å². The fourth-order valence-corrected chi connectivity index (χ4v) is 3.43. The molecule has 2 aromatic carbocycles. The van der Waals surface area contributed by atoms with Crippen LogP contribution in [0.3, 0.4) is 0 Å². The lowest BCUT2D eigenvalue weighted by Gasteiger charge is -2.14. The average molecular weight is 422 g/mol. The molecule has 0 spiro atoms. The highest BCUT2D eigenvalue weighted by Gasteiger charge is 2.17. The third kappa shape index (κ3) is 3.69. The largest absolute Gasteiger partial charge is 0.504 e. The van der Waals surface area contributed by atoms with Gasteiger partial charge in [0.15, 0.2) is 5.75 Å². The van der Waals surface area contributed by atoms with Gasteiger partial charge in [0.2, 0.25) is 11.6 Å². The number of fused-ring (bicyclic) bond motifs is 1. The Morgan fingerprint density at radius 2 is 1.83 bits per heavy atom. The van der Waals surface area contributed by atoms with Gasteiger partial charge in [-0.15, -0.1) is 0 Å². The van der Waals surface area contributed by atoms with Gasteiger partial charge in [-0.05, 0) is 42.3 Å². The molecule has 30 heavy (non-hydrogen) atoms. The maximum Gasteiger partial charge on any atom is 0.295 e. The number of benzene rings is 2. The van der Waals surface area contributed by atoms with Crippen molar-refractivity contribution in [1.82, 2.24) is 9.97 Å². The van der Waals surface area contributed by atoms with Crippen LogP contribution in [-0.4, -0.2) is 29.2 Å². The second-order valence-electron chi connectivity index (χ2n) is 7.23. The number of rotatable bonds is 4. The Kier molecular flexibility index (Phi) is 5.10. The van der Waals surface area contributed by atoms with Crippen LogP contribution in [0.4, 0.5) is 5.69 Å². The van der Waals surface area contributed by atoms with Gasteiger partial charge >= 0.3 is 0 Å². The van der Waals surface area contributed by atoms with Crippen LogP contribution in [0.25, 0.3) is 22.0 Å². The molecule has 0 fully saturated rings. The highest BCUT2D eigenvalue weighted by Crippen LogP contribution is 2.38. The number of aromatic nitrogens is 2. The number of nitrogens with one attached hydrogen (secondary N) is 1. The second kappa shape index (κ2) is 7.72. The van der Waals surface area contributed by atoms with Gasteiger partial charge in [-0.25, -0.2) is 4.98 Å². The van der Waals surface area contributed by atoms with Gasteiger partial charge in [0.1, 0.15) is 0 Å². The van der Waals surface area contributed by atoms with E-state index in [1.807, 2.05) is 56.3 Å². The van der Waals surface area contributed by atoms with Gasteiger partial charge in [-0.2, -0.15) is 0 Å². The molecule has 2 heterocycles. The highest BCUT2D eigenvalue weighted by molar-refractivity contribution is 6.34. The Bertz CT molecular complexity index is 1280. The summed E-state index contributed by atoms with van der Waals surface area (Å²) in [6, 6.07) is 14.7. The zero-order chi connectivity index (χ0) is 21.4. The van der Waals surface area contributed by atoms with Crippen LogP contribution < -0.4 is 15.2 Å². The molecule has 2 aromatic heterocycles. The number of H-pyrrole nitrogens is 1. The van der Waals surface area contributed by atoms with Gasteiger partial charge in [-0.3, -0.25) is 4.79 Å². The molecular weight excluding hydrogens is 402 g/mol. The number of hydrogen-bond acceptors (Lipinski definition) is 5. The van der Waals surface area contributed by atoms with Crippen LogP contribution in [-0.2, 0) is 0 Å². The van der Waals surface area contributed by atoms with E-state index >= 15 is 0 Å². The first kappa shape index (κ1) is 19.8. The van der Waals surface area contributed by atoms with Crippen molar-refractivity contribution in [2.75, 3.05) is 19.0 Å². The Labute approximate surface area is 178 Å². The van der Waals surface area contributed by atoms with Crippen molar-refractivity contribution in [3.05, 3.63) is 75.7 Å². The Hall–Kier alpha value is -3.51. The SMILES string of the molecule is Cc1ccc(Oc2c(O)c3cc(-c4ccc(N(C)C)cc4)c(Cl)cc3[nH]c2=O)nc1. The quantitative estimate of drug-likeness (QED) is 0.478. The van der Waals surface area contributed by atoms with Crippen LogP contribution in [0.2, 0.25) is 5.02 Å². The summed E-state index contributed by atoms with van der Waals surface area (Å²) in [5.41, 5.74) is 3.49. The molecule has 152 valence electrons. The van der Waals surface area contributed by atoms with Gasteiger partial charge in [0.05, 0.1) is 10.5 Å². The van der Waals surface area contributed by atoms with E-state index in [1.54, 1.807) is 24.4 Å². The maximum atomic E-state index is 12.5. The van der Waals surface area contributed by atoms with E-state index in [4.69, 9.17) is 16.3 Å². The predicted molar refractivity (Wildman–Crippen MR) is 120 cm³/mol. The lowest BCUT2D eigenvalue weighted by Crippen LogP contribution is -2.09. The summed E-state index contributed by atoms with van der Waals surface area (Å²) < 4.78 is 5.58. The molecule has 4 rings (SSSR count). The molecule has 0 radical (unpaired) electrons. The van der Waals surface area contributed by atoms with Crippen molar-refractivity contribution >= 4 is 28.2 Å². The van der Waals surface area contributed by atoms with Crippen LogP contribution in [0, 0.1) is 6.92 Å². The lowest BCUT2D eigenvalue weighted by molar-refractivity contribution is 0.401. The molecule has 0 aliphatic rings. The summed E-state index contributed by atoms with van der Waals surface area (Å²) in [5, 5.41) is 11.7. The number of aryl methyl sites for hydroxylation is 1. The van der Waals surface area contributed by atoms with Crippen LogP contribution >= 0.6 is 11.6 Å². The highest BCUT2D eigenvalue weighted by atomic mass is 35.5. The maximum absolute atomic E-state index is 12.5. The van der Waals surface area contributed by atoms with E-state index in [1.165, 1.54) is 0 Å². The Morgan fingerprint density at radius 3 is 2.47 bits per heavy atom. The first-order valence-corrected chi connectivity index (χ1v) is 9.68. The van der Waals surface area contributed by atoms with Gasteiger partial charge in [0.25, 0.3) is 5.56 Å². The smallest absolute Gasteiger partial charge is 0.295 e. The van der Waals surface area contributed by atoms with Crippen molar-refractivity contribution in [2.24, 2.45) is 0 Å². The van der Waals surface area contributed by atoms with E-state index < -0.39 is 5.56 Å². The molecule has 0 saturated carbocycles. The van der Waals surface area contributed by atoms with E-state index in [9.17, 15) is 9.90 Å². The predicted octanol–water partition coefficient (Wildman–Crippen LogP) is 5.12. The van der Waals surface area contributed by atoms with Crippen LogP contribution in [0.15, 0.2) is 59.5 Å². The molecule has 0 atom stereocenters.